The first kappa shape index (κ1) is 21.2. The third kappa shape index (κ3) is 5.72. The Morgan fingerprint density at radius 3 is 2.48 bits per heavy atom. The highest BCUT2D eigenvalue weighted by Gasteiger charge is 2.19. The van der Waals surface area contributed by atoms with Crippen LogP contribution in [-0.2, 0) is 16.6 Å². The van der Waals surface area contributed by atoms with Crippen molar-refractivity contribution in [3.8, 4) is 0 Å². The maximum atomic E-state index is 12.6. The van der Waals surface area contributed by atoms with Crippen molar-refractivity contribution in [1.82, 2.24) is 14.9 Å². The van der Waals surface area contributed by atoms with E-state index < -0.39 is 15.9 Å². The lowest BCUT2D eigenvalue weighted by Gasteiger charge is -2.13. The van der Waals surface area contributed by atoms with Crippen molar-refractivity contribution >= 4 is 44.8 Å². The van der Waals surface area contributed by atoms with E-state index in [1.54, 1.807) is 12.5 Å². The van der Waals surface area contributed by atoms with Gasteiger partial charge in [-0.25, -0.2) is 13.4 Å². The summed E-state index contributed by atoms with van der Waals surface area (Å²) >= 11 is 11.8. The average molecular weight is 453 g/mol. The molecule has 0 saturated carbocycles. The minimum atomic E-state index is -3.90. The molecule has 0 atom stereocenters. The minimum Gasteiger partial charge on any atom is -0.352 e. The zero-order chi connectivity index (χ0) is 20.9. The molecule has 1 heterocycles. The van der Waals surface area contributed by atoms with E-state index in [-0.39, 0.29) is 16.1 Å². The van der Waals surface area contributed by atoms with Crippen LogP contribution in [0.15, 0.2) is 66.1 Å². The number of anilines is 1. The predicted molar refractivity (Wildman–Crippen MR) is 113 cm³/mol. The maximum Gasteiger partial charge on any atom is 0.261 e. The van der Waals surface area contributed by atoms with E-state index in [1.165, 1.54) is 42.5 Å². The number of imidazole rings is 1. The standard InChI is InChI=1S/C19H18Cl2N4O3S/c20-14-2-5-16(6-3-14)29(27,28)24-18-7-4-15(21)12-17(18)19(26)23-8-1-10-25-11-9-22-13-25/h2-7,9,11-13,24H,1,8,10H2,(H,23,26). The highest BCUT2D eigenvalue weighted by atomic mass is 35.5. The van der Waals surface area contributed by atoms with Crippen LogP contribution in [0.2, 0.25) is 10.0 Å². The smallest absolute Gasteiger partial charge is 0.261 e. The number of benzene rings is 2. The average Bonchev–Trinajstić information content (AvgIpc) is 3.20. The van der Waals surface area contributed by atoms with Gasteiger partial charge in [0, 0.05) is 35.5 Å². The fraction of sp³-hybridized carbons (Fsp3) is 0.158. The number of aryl methyl sites for hydroxylation is 1. The number of carbonyl (C=O) groups is 1. The van der Waals surface area contributed by atoms with Gasteiger partial charge in [-0.15, -0.1) is 0 Å². The number of rotatable bonds is 8. The first-order valence-electron chi connectivity index (χ1n) is 8.67. The first-order chi connectivity index (χ1) is 13.8. The molecule has 0 aliphatic rings. The van der Waals surface area contributed by atoms with Crippen molar-refractivity contribution in [2.45, 2.75) is 17.9 Å². The van der Waals surface area contributed by atoms with E-state index in [1.807, 2.05) is 10.8 Å². The number of aromatic nitrogens is 2. The van der Waals surface area contributed by atoms with Gasteiger partial charge >= 0.3 is 0 Å². The number of sulfonamides is 1. The predicted octanol–water partition coefficient (Wildman–Crippen LogP) is 3.81. The van der Waals surface area contributed by atoms with Crippen LogP contribution in [0.3, 0.4) is 0 Å². The molecule has 0 spiro atoms. The third-order valence-electron chi connectivity index (χ3n) is 4.03. The molecule has 1 aromatic heterocycles. The molecule has 7 nitrogen and oxygen atoms in total. The number of nitrogens with zero attached hydrogens (tertiary/aromatic N) is 2. The first-order valence-corrected chi connectivity index (χ1v) is 10.9. The molecule has 10 heteroatoms. The molecule has 0 radical (unpaired) electrons. The lowest BCUT2D eigenvalue weighted by Crippen LogP contribution is -2.27. The number of carbonyl (C=O) groups excluding carboxylic acids is 1. The second kappa shape index (κ2) is 9.30. The molecule has 3 rings (SSSR count). The summed E-state index contributed by atoms with van der Waals surface area (Å²) in [5, 5.41) is 3.52. The highest BCUT2D eigenvalue weighted by molar-refractivity contribution is 7.92. The van der Waals surface area contributed by atoms with Crippen molar-refractivity contribution < 1.29 is 13.2 Å². The van der Waals surface area contributed by atoms with Gasteiger partial charge < -0.3 is 9.88 Å². The molecule has 152 valence electrons. The van der Waals surface area contributed by atoms with Crippen LogP contribution in [0.5, 0.6) is 0 Å². The molecular formula is C19H18Cl2N4O3S. The quantitative estimate of drug-likeness (QED) is 0.508. The highest BCUT2D eigenvalue weighted by Crippen LogP contribution is 2.24. The van der Waals surface area contributed by atoms with Gasteiger partial charge in [-0.1, -0.05) is 23.2 Å². The number of hydrogen-bond donors (Lipinski definition) is 2. The normalized spacial score (nSPS) is 11.2. The van der Waals surface area contributed by atoms with Gasteiger partial charge in [0.05, 0.1) is 22.5 Å². The summed E-state index contributed by atoms with van der Waals surface area (Å²) in [4.78, 5) is 16.6. The van der Waals surface area contributed by atoms with Crippen molar-refractivity contribution in [1.29, 1.82) is 0 Å². The van der Waals surface area contributed by atoms with E-state index in [0.717, 1.165) is 0 Å². The molecule has 0 unspecified atom stereocenters. The van der Waals surface area contributed by atoms with Crippen LogP contribution in [0.4, 0.5) is 5.69 Å². The Labute approximate surface area is 178 Å². The summed E-state index contributed by atoms with van der Waals surface area (Å²) in [6.45, 7) is 1.11. The van der Waals surface area contributed by atoms with Gasteiger partial charge in [-0.05, 0) is 48.9 Å². The van der Waals surface area contributed by atoms with Crippen LogP contribution in [0.25, 0.3) is 0 Å². The van der Waals surface area contributed by atoms with Crippen LogP contribution in [0.1, 0.15) is 16.8 Å². The third-order valence-corrected chi connectivity index (χ3v) is 5.90. The van der Waals surface area contributed by atoms with Gasteiger partial charge in [0.2, 0.25) is 0 Å². The summed E-state index contributed by atoms with van der Waals surface area (Å²) in [6.07, 6.45) is 5.91. The summed E-state index contributed by atoms with van der Waals surface area (Å²) < 4.78 is 29.6. The second-order valence-corrected chi connectivity index (χ2v) is 8.71. The molecule has 0 bridgehead atoms. The van der Waals surface area contributed by atoms with Gasteiger partial charge in [0.1, 0.15) is 0 Å². The van der Waals surface area contributed by atoms with Crippen LogP contribution < -0.4 is 10.0 Å². The Morgan fingerprint density at radius 1 is 1.07 bits per heavy atom. The fourth-order valence-electron chi connectivity index (χ4n) is 2.59. The second-order valence-electron chi connectivity index (χ2n) is 6.16. The summed E-state index contributed by atoms with van der Waals surface area (Å²) in [5.41, 5.74) is 0.272. The molecule has 29 heavy (non-hydrogen) atoms. The van der Waals surface area contributed by atoms with Gasteiger partial charge in [-0.3, -0.25) is 9.52 Å². The van der Waals surface area contributed by atoms with E-state index >= 15 is 0 Å². The Morgan fingerprint density at radius 2 is 1.79 bits per heavy atom. The van der Waals surface area contributed by atoms with E-state index in [4.69, 9.17) is 23.2 Å². The summed E-state index contributed by atoms with van der Waals surface area (Å²) in [5.74, 6) is -0.424. The molecule has 1 amide bonds. The Kier molecular flexibility index (Phi) is 6.79. The maximum absolute atomic E-state index is 12.6. The Balaban J connectivity index is 1.71. The molecule has 3 aromatic rings. The Bertz CT molecular complexity index is 1090. The minimum absolute atomic E-state index is 0.0311. The number of halogens is 2. The number of hydrogen-bond acceptors (Lipinski definition) is 4. The summed E-state index contributed by atoms with van der Waals surface area (Å²) in [6, 6.07) is 10.1. The Hall–Kier alpha value is -2.55. The van der Waals surface area contributed by atoms with Crippen molar-refractivity contribution in [2.24, 2.45) is 0 Å². The van der Waals surface area contributed by atoms with Crippen molar-refractivity contribution in [3.05, 3.63) is 76.8 Å². The lowest BCUT2D eigenvalue weighted by molar-refractivity contribution is 0.0953. The van der Waals surface area contributed by atoms with Crippen molar-refractivity contribution in [2.75, 3.05) is 11.3 Å². The van der Waals surface area contributed by atoms with Crippen LogP contribution in [-0.4, -0.2) is 30.4 Å². The van der Waals surface area contributed by atoms with Crippen molar-refractivity contribution in [3.63, 3.8) is 0 Å². The molecule has 0 aliphatic carbocycles. The van der Waals surface area contributed by atoms with Crippen LogP contribution in [0, 0.1) is 0 Å². The largest absolute Gasteiger partial charge is 0.352 e. The number of nitrogens with one attached hydrogen (secondary N) is 2. The van der Waals surface area contributed by atoms with Gasteiger partial charge in [-0.2, -0.15) is 0 Å². The molecule has 2 aromatic carbocycles. The monoisotopic (exact) mass is 452 g/mol. The topological polar surface area (TPSA) is 93.1 Å². The van der Waals surface area contributed by atoms with E-state index in [2.05, 4.69) is 15.0 Å². The zero-order valence-electron chi connectivity index (χ0n) is 15.2. The molecule has 0 fully saturated rings. The molecule has 0 aliphatic heterocycles. The number of amides is 1. The van der Waals surface area contributed by atoms with Gasteiger partial charge in [0.25, 0.3) is 15.9 Å². The molecule has 2 N–H and O–H groups in total. The van der Waals surface area contributed by atoms with Crippen LogP contribution >= 0.6 is 23.2 Å². The summed E-state index contributed by atoms with van der Waals surface area (Å²) in [7, 11) is -3.90. The molecular weight excluding hydrogens is 435 g/mol. The van der Waals surface area contributed by atoms with Gasteiger partial charge in [0.15, 0.2) is 0 Å². The SMILES string of the molecule is O=C(NCCCn1ccnc1)c1cc(Cl)ccc1NS(=O)(=O)c1ccc(Cl)cc1. The lowest BCUT2D eigenvalue weighted by atomic mass is 10.1. The van der Waals surface area contributed by atoms with E-state index in [0.29, 0.717) is 29.6 Å². The fourth-order valence-corrected chi connectivity index (χ4v) is 3.97. The molecule has 0 saturated heterocycles. The van der Waals surface area contributed by atoms with E-state index in [9.17, 15) is 13.2 Å². The zero-order valence-corrected chi connectivity index (χ0v) is 17.5.